The Bertz CT molecular complexity index is 2670. The zero-order valence-corrected chi connectivity index (χ0v) is 25.3. The van der Waals surface area contributed by atoms with Gasteiger partial charge in [0.15, 0.2) is 0 Å². The van der Waals surface area contributed by atoms with E-state index in [0.717, 1.165) is 0 Å². The van der Waals surface area contributed by atoms with E-state index in [2.05, 4.69) is 169 Å². The predicted octanol–water partition coefficient (Wildman–Crippen LogP) is 11.3. The van der Waals surface area contributed by atoms with Gasteiger partial charge in [0.2, 0.25) is 0 Å². The van der Waals surface area contributed by atoms with E-state index in [1.807, 2.05) is 0 Å². The van der Waals surface area contributed by atoms with Crippen LogP contribution in [0.3, 0.4) is 0 Å². The molecule has 0 fully saturated rings. The van der Waals surface area contributed by atoms with Gasteiger partial charge >= 0.3 is 0 Å². The van der Waals surface area contributed by atoms with E-state index in [9.17, 15) is 0 Å². The highest BCUT2D eigenvalue weighted by atomic mass is 15.1. The van der Waals surface area contributed by atoms with Crippen LogP contribution in [0.2, 0.25) is 0 Å². The maximum atomic E-state index is 2.52. The molecule has 0 radical (unpaired) electrons. The Balaban J connectivity index is 1.39. The first-order valence-corrected chi connectivity index (χ1v) is 15.8. The van der Waals surface area contributed by atoms with Gasteiger partial charge < -0.3 is 9.13 Å². The Morgan fingerprint density at radius 3 is 1.89 bits per heavy atom. The first kappa shape index (κ1) is 24.8. The van der Waals surface area contributed by atoms with Crippen LogP contribution in [0.5, 0.6) is 0 Å². The lowest BCUT2D eigenvalue weighted by Gasteiger charge is -2.22. The van der Waals surface area contributed by atoms with E-state index in [0.29, 0.717) is 0 Å². The molecule has 0 atom stereocenters. The molecule has 2 nitrogen and oxygen atoms in total. The topological polar surface area (TPSA) is 9.86 Å². The lowest BCUT2D eigenvalue weighted by atomic mass is 9.81. The highest BCUT2D eigenvalue weighted by Gasteiger charge is 2.37. The third kappa shape index (κ3) is 3.18. The summed E-state index contributed by atoms with van der Waals surface area (Å²) in [6.45, 7) is 4.77. The average Bonchev–Trinajstić information content (AvgIpc) is 3.68. The molecule has 0 spiro atoms. The minimum atomic E-state index is -0.0914. The molecule has 0 unspecified atom stereocenters. The predicted molar refractivity (Wildman–Crippen MR) is 190 cm³/mol. The van der Waals surface area contributed by atoms with Gasteiger partial charge in [0.25, 0.3) is 0 Å². The Labute approximate surface area is 261 Å². The van der Waals surface area contributed by atoms with Crippen molar-refractivity contribution in [3.05, 3.63) is 157 Å². The molecule has 2 heteroatoms. The lowest BCUT2D eigenvalue weighted by molar-refractivity contribution is 0.661. The molecule has 0 saturated carbocycles. The maximum absolute atomic E-state index is 2.52. The fourth-order valence-corrected chi connectivity index (χ4v) is 8.25. The summed E-state index contributed by atoms with van der Waals surface area (Å²) in [5, 5.41) is 7.73. The van der Waals surface area contributed by atoms with Gasteiger partial charge in [0, 0.05) is 32.6 Å². The SMILES string of the molecule is CC1(C)c2cc3c4ccccc4n(-c4cccc5c6ccccc6n(-c6ccccc6)c45)c3cc2-c2c1ccc1ccccc21. The van der Waals surface area contributed by atoms with Gasteiger partial charge in [0.1, 0.15) is 0 Å². The largest absolute Gasteiger partial charge is 0.307 e. The number of hydrogen-bond donors (Lipinski definition) is 0. The van der Waals surface area contributed by atoms with Crippen LogP contribution in [-0.2, 0) is 5.41 Å². The van der Waals surface area contributed by atoms with Crippen molar-refractivity contribution in [3.63, 3.8) is 0 Å². The molecule has 2 heterocycles. The number of hydrogen-bond acceptors (Lipinski definition) is 0. The van der Waals surface area contributed by atoms with Gasteiger partial charge in [-0.3, -0.25) is 0 Å². The second-order valence-electron chi connectivity index (χ2n) is 13.0. The van der Waals surface area contributed by atoms with E-state index in [4.69, 9.17) is 0 Å². The van der Waals surface area contributed by atoms with Gasteiger partial charge in [-0.15, -0.1) is 0 Å². The van der Waals surface area contributed by atoms with Gasteiger partial charge in [-0.1, -0.05) is 117 Å². The summed E-state index contributed by atoms with van der Waals surface area (Å²) in [5.74, 6) is 0. The molecule has 45 heavy (non-hydrogen) atoms. The minimum Gasteiger partial charge on any atom is -0.307 e. The minimum absolute atomic E-state index is 0.0914. The summed E-state index contributed by atoms with van der Waals surface area (Å²) in [6, 6.07) is 53.8. The van der Waals surface area contributed by atoms with E-state index in [1.165, 1.54) is 88.0 Å². The number of fused-ring (bicyclic) bond motifs is 11. The molecule has 10 rings (SSSR count). The highest BCUT2D eigenvalue weighted by Crippen LogP contribution is 2.53. The molecule has 212 valence electrons. The van der Waals surface area contributed by atoms with Crippen molar-refractivity contribution >= 4 is 54.4 Å². The van der Waals surface area contributed by atoms with Crippen molar-refractivity contribution in [2.45, 2.75) is 19.3 Å². The van der Waals surface area contributed by atoms with Crippen molar-refractivity contribution in [3.8, 4) is 22.5 Å². The zero-order chi connectivity index (χ0) is 29.9. The Morgan fingerprint density at radius 1 is 0.444 bits per heavy atom. The molecule has 1 aliphatic rings. The van der Waals surface area contributed by atoms with E-state index < -0.39 is 0 Å². The van der Waals surface area contributed by atoms with Gasteiger partial charge in [-0.05, 0) is 75.5 Å². The number of nitrogens with zero attached hydrogens (tertiary/aromatic N) is 2. The number of para-hydroxylation sites is 4. The molecule has 0 bridgehead atoms. The van der Waals surface area contributed by atoms with Crippen LogP contribution in [0.4, 0.5) is 0 Å². The molecule has 7 aromatic carbocycles. The van der Waals surface area contributed by atoms with Crippen LogP contribution < -0.4 is 0 Å². The van der Waals surface area contributed by atoms with Crippen molar-refractivity contribution in [2.24, 2.45) is 0 Å². The van der Waals surface area contributed by atoms with Gasteiger partial charge in [-0.2, -0.15) is 0 Å². The number of benzene rings is 7. The smallest absolute Gasteiger partial charge is 0.0782 e. The standard InChI is InChI=1S/C43H30N2/c1-43(2)35-24-23-27-13-6-7-16-29(27)41(35)34-26-40-33(25-36(34)43)31-18-9-11-21-38(31)45(40)39-22-12-19-32-30-17-8-10-20-37(30)44(42(32)39)28-14-4-3-5-15-28/h3-26H,1-2H3. The van der Waals surface area contributed by atoms with Crippen molar-refractivity contribution < 1.29 is 0 Å². The lowest BCUT2D eigenvalue weighted by Crippen LogP contribution is -2.14. The molecule has 0 amide bonds. The van der Waals surface area contributed by atoms with E-state index in [-0.39, 0.29) is 5.41 Å². The maximum Gasteiger partial charge on any atom is 0.0782 e. The Hall–Kier alpha value is -5.60. The van der Waals surface area contributed by atoms with Crippen LogP contribution in [0.25, 0.3) is 76.9 Å². The van der Waals surface area contributed by atoms with Crippen LogP contribution >= 0.6 is 0 Å². The molecule has 1 aliphatic carbocycles. The van der Waals surface area contributed by atoms with Crippen molar-refractivity contribution in [2.75, 3.05) is 0 Å². The summed E-state index contributed by atoms with van der Waals surface area (Å²) < 4.78 is 4.96. The monoisotopic (exact) mass is 574 g/mol. The summed E-state index contributed by atoms with van der Waals surface area (Å²) in [7, 11) is 0. The molecule has 9 aromatic rings. The zero-order valence-electron chi connectivity index (χ0n) is 25.3. The van der Waals surface area contributed by atoms with Crippen LogP contribution in [0.1, 0.15) is 25.0 Å². The number of aromatic nitrogens is 2. The summed E-state index contributed by atoms with van der Waals surface area (Å²) in [5.41, 5.74) is 12.7. The third-order valence-corrected chi connectivity index (χ3v) is 10.3. The van der Waals surface area contributed by atoms with Crippen LogP contribution in [-0.4, -0.2) is 9.13 Å². The van der Waals surface area contributed by atoms with Crippen LogP contribution in [0, 0.1) is 0 Å². The molecule has 0 N–H and O–H groups in total. The average molecular weight is 575 g/mol. The fraction of sp³-hybridized carbons (Fsp3) is 0.0698. The fourth-order valence-electron chi connectivity index (χ4n) is 8.25. The first-order valence-electron chi connectivity index (χ1n) is 15.8. The van der Waals surface area contributed by atoms with Gasteiger partial charge in [0.05, 0.1) is 27.8 Å². The normalized spacial score (nSPS) is 13.7. The molecular weight excluding hydrogens is 544 g/mol. The first-order chi connectivity index (χ1) is 22.1. The van der Waals surface area contributed by atoms with Crippen molar-refractivity contribution in [1.82, 2.24) is 9.13 Å². The highest BCUT2D eigenvalue weighted by molar-refractivity contribution is 6.16. The van der Waals surface area contributed by atoms with E-state index in [1.54, 1.807) is 0 Å². The third-order valence-electron chi connectivity index (χ3n) is 10.3. The molecular formula is C43H30N2. The second kappa shape index (κ2) is 8.74. The molecule has 2 aromatic heterocycles. The second-order valence-corrected chi connectivity index (χ2v) is 13.0. The summed E-state index contributed by atoms with van der Waals surface area (Å²) >= 11 is 0. The van der Waals surface area contributed by atoms with E-state index >= 15 is 0 Å². The quantitative estimate of drug-likeness (QED) is 0.194. The summed E-state index contributed by atoms with van der Waals surface area (Å²) in [4.78, 5) is 0. The van der Waals surface area contributed by atoms with Crippen LogP contribution in [0.15, 0.2) is 146 Å². The van der Waals surface area contributed by atoms with Gasteiger partial charge in [-0.25, -0.2) is 0 Å². The van der Waals surface area contributed by atoms with Crippen molar-refractivity contribution in [1.29, 1.82) is 0 Å². The Kier molecular flexibility index (Phi) is 4.82. The molecule has 0 aliphatic heterocycles. The molecule has 0 saturated heterocycles. The summed E-state index contributed by atoms with van der Waals surface area (Å²) in [6.07, 6.45) is 0. The Morgan fingerprint density at radius 2 is 1.09 bits per heavy atom. The number of rotatable bonds is 2.